The lowest BCUT2D eigenvalue weighted by Gasteiger charge is -2.25. The number of benzene rings is 1. The summed E-state index contributed by atoms with van der Waals surface area (Å²) in [5.74, 6) is -0.0344. The first-order valence-electron chi connectivity index (χ1n) is 7.44. The van der Waals surface area contributed by atoms with Gasteiger partial charge < -0.3 is 16.4 Å². The van der Waals surface area contributed by atoms with Crippen molar-refractivity contribution in [2.24, 2.45) is 11.7 Å². The summed E-state index contributed by atoms with van der Waals surface area (Å²) in [4.78, 5) is 23.7. The Morgan fingerprint density at radius 1 is 1.33 bits per heavy atom. The highest BCUT2D eigenvalue weighted by atomic mass is 16.2. The molecule has 1 aromatic rings. The first kappa shape index (κ1) is 15.5. The van der Waals surface area contributed by atoms with Crippen LogP contribution in [0.5, 0.6) is 0 Å². The Balaban J connectivity index is 1.90. The molecule has 114 valence electrons. The van der Waals surface area contributed by atoms with Gasteiger partial charge in [-0.1, -0.05) is 18.6 Å². The second kappa shape index (κ2) is 7.22. The monoisotopic (exact) mass is 289 g/mol. The third-order valence-corrected chi connectivity index (χ3v) is 3.97. The molecule has 1 aliphatic carbocycles. The van der Waals surface area contributed by atoms with E-state index < -0.39 is 0 Å². The van der Waals surface area contributed by atoms with Crippen LogP contribution in [0.4, 0.5) is 0 Å². The van der Waals surface area contributed by atoms with Gasteiger partial charge in [0.2, 0.25) is 5.91 Å². The summed E-state index contributed by atoms with van der Waals surface area (Å²) in [6.07, 6.45) is 3.71. The molecule has 0 aliphatic heterocycles. The van der Waals surface area contributed by atoms with Crippen molar-refractivity contribution in [1.29, 1.82) is 0 Å². The van der Waals surface area contributed by atoms with Gasteiger partial charge in [0.1, 0.15) is 0 Å². The van der Waals surface area contributed by atoms with Gasteiger partial charge >= 0.3 is 0 Å². The Morgan fingerprint density at radius 2 is 2.14 bits per heavy atom. The van der Waals surface area contributed by atoms with Gasteiger partial charge in [-0.05, 0) is 37.0 Å². The maximum Gasteiger partial charge on any atom is 0.251 e. The van der Waals surface area contributed by atoms with Gasteiger partial charge in [-0.2, -0.15) is 0 Å². The van der Waals surface area contributed by atoms with Crippen LogP contribution in [0.1, 0.15) is 41.6 Å². The maximum atomic E-state index is 12.1. The van der Waals surface area contributed by atoms with Crippen molar-refractivity contribution in [3.63, 3.8) is 0 Å². The minimum Gasteiger partial charge on any atom is -0.355 e. The predicted molar refractivity (Wildman–Crippen MR) is 81.6 cm³/mol. The van der Waals surface area contributed by atoms with Gasteiger partial charge in [0.25, 0.3) is 5.91 Å². The lowest BCUT2D eigenvalue weighted by Crippen LogP contribution is -2.37. The average molecular weight is 289 g/mol. The Kier molecular flexibility index (Phi) is 5.33. The van der Waals surface area contributed by atoms with Gasteiger partial charge in [0.15, 0.2) is 0 Å². The number of carbonyl (C=O) groups excluding carboxylic acids is 2. The van der Waals surface area contributed by atoms with Crippen molar-refractivity contribution in [3.05, 3.63) is 35.4 Å². The normalized spacial score (nSPS) is 21.6. The summed E-state index contributed by atoms with van der Waals surface area (Å²) in [6.45, 7) is 0.440. The molecule has 1 aliphatic rings. The third-order valence-electron chi connectivity index (χ3n) is 3.97. The molecule has 2 unspecified atom stereocenters. The Bertz CT molecular complexity index is 516. The number of nitrogens with one attached hydrogen (secondary N) is 2. The first-order valence-corrected chi connectivity index (χ1v) is 7.44. The molecule has 4 N–H and O–H groups in total. The zero-order valence-corrected chi connectivity index (χ0v) is 12.4. The van der Waals surface area contributed by atoms with Crippen molar-refractivity contribution in [2.45, 2.75) is 38.3 Å². The summed E-state index contributed by atoms with van der Waals surface area (Å²) in [5.41, 5.74) is 7.44. The molecule has 0 saturated heterocycles. The lowest BCUT2D eigenvalue weighted by molar-refractivity contribution is -0.126. The minimum atomic E-state index is -0.124. The second-order valence-electron chi connectivity index (χ2n) is 5.62. The largest absolute Gasteiger partial charge is 0.355 e. The summed E-state index contributed by atoms with van der Waals surface area (Å²) >= 11 is 0. The van der Waals surface area contributed by atoms with Gasteiger partial charge in [0.05, 0.1) is 0 Å². The van der Waals surface area contributed by atoms with Crippen LogP contribution >= 0.6 is 0 Å². The molecule has 2 atom stereocenters. The van der Waals surface area contributed by atoms with Crippen LogP contribution in [0, 0.1) is 5.92 Å². The zero-order chi connectivity index (χ0) is 15.2. The lowest BCUT2D eigenvalue weighted by atomic mass is 9.85. The third kappa shape index (κ3) is 4.29. The Hall–Kier alpha value is -1.88. The van der Waals surface area contributed by atoms with Crippen LogP contribution in [0.3, 0.4) is 0 Å². The van der Waals surface area contributed by atoms with Gasteiger partial charge in [0, 0.05) is 31.1 Å². The molecule has 21 heavy (non-hydrogen) atoms. The van der Waals surface area contributed by atoms with E-state index in [0.29, 0.717) is 12.1 Å². The van der Waals surface area contributed by atoms with E-state index in [0.717, 1.165) is 31.2 Å². The number of rotatable bonds is 4. The highest BCUT2D eigenvalue weighted by molar-refractivity contribution is 5.94. The molecule has 0 bridgehead atoms. The number of carbonyl (C=O) groups is 2. The molecule has 2 amide bonds. The molecule has 1 fully saturated rings. The zero-order valence-electron chi connectivity index (χ0n) is 12.4. The van der Waals surface area contributed by atoms with Crippen LogP contribution in [-0.4, -0.2) is 24.9 Å². The number of nitrogens with two attached hydrogens (primary N) is 1. The smallest absolute Gasteiger partial charge is 0.251 e. The quantitative estimate of drug-likeness (QED) is 0.778. The maximum absolute atomic E-state index is 12.1. The van der Waals surface area contributed by atoms with E-state index in [1.54, 1.807) is 19.2 Å². The summed E-state index contributed by atoms with van der Waals surface area (Å²) in [5, 5.41) is 5.54. The van der Waals surface area contributed by atoms with E-state index in [2.05, 4.69) is 10.6 Å². The number of amides is 2. The molecule has 1 aromatic carbocycles. The van der Waals surface area contributed by atoms with E-state index in [4.69, 9.17) is 5.73 Å². The van der Waals surface area contributed by atoms with Crippen molar-refractivity contribution in [2.75, 3.05) is 7.05 Å². The molecule has 0 aromatic heterocycles. The molecule has 0 radical (unpaired) electrons. The molecule has 0 heterocycles. The summed E-state index contributed by atoms with van der Waals surface area (Å²) < 4.78 is 0. The van der Waals surface area contributed by atoms with Gasteiger partial charge in [-0.3, -0.25) is 9.59 Å². The number of hydrogen-bond acceptors (Lipinski definition) is 3. The van der Waals surface area contributed by atoms with E-state index >= 15 is 0 Å². The second-order valence-corrected chi connectivity index (χ2v) is 5.62. The van der Waals surface area contributed by atoms with E-state index in [1.165, 1.54) is 0 Å². The van der Waals surface area contributed by atoms with Crippen molar-refractivity contribution in [1.82, 2.24) is 10.6 Å². The first-order chi connectivity index (χ1) is 10.1. The number of hydrogen-bond donors (Lipinski definition) is 3. The minimum absolute atomic E-state index is 0.0240. The average Bonchev–Trinajstić information content (AvgIpc) is 2.52. The van der Waals surface area contributed by atoms with Crippen molar-refractivity contribution in [3.8, 4) is 0 Å². The predicted octanol–water partition coefficient (Wildman–Crippen LogP) is 1.18. The molecule has 5 nitrogen and oxygen atoms in total. The van der Waals surface area contributed by atoms with Gasteiger partial charge in [-0.15, -0.1) is 0 Å². The van der Waals surface area contributed by atoms with Crippen LogP contribution in [0.25, 0.3) is 0 Å². The highest BCUT2D eigenvalue weighted by Crippen LogP contribution is 2.23. The molecule has 2 rings (SSSR count). The van der Waals surface area contributed by atoms with Gasteiger partial charge in [-0.25, -0.2) is 0 Å². The summed E-state index contributed by atoms with van der Waals surface area (Å²) in [7, 11) is 1.60. The molecular weight excluding hydrogens is 266 g/mol. The SMILES string of the molecule is CNC(=O)c1cccc(CNC(=O)C2CCCC(N)C2)c1. The molecule has 5 heteroatoms. The highest BCUT2D eigenvalue weighted by Gasteiger charge is 2.24. The fourth-order valence-electron chi connectivity index (χ4n) is 2.77. The topological polar surface area (TPSA) is 84.2 Å². The van der Waals surface area contributed by atoms with E-state index in [1.807, 2.05) is 12.1 Å². The van der Waals surface area contributed by atoms with E-state index in [9.17, 15) is 9.59 Å². The Morgan fingerprint density at radius 3 is 2.86 bits per heavy atom. The summed E-state index contributed by atoms with van der Waals surface area (Å²) in [6, 6.07) is 7.42. The van der Waals surface area contributed by atoms with E-state index in [-0.39, 0.29) is 23.8 Å². The fraction of sp³-hybridized carbons (Fsp3) is 0.500. The van der Waals surface area contributed by atoms with Crippen LogP contribution < -0.4 is 16.4 Å². The van der Waals surface area contributed by atoms with Crippen LogP contribution in [0.2, 0.25) is 0 Å². The fourth-order valence-corrected chi connectivity index (χ4v) is 2.77. The molecule has 0 spiro atoms. The van der Waals surface area contributed by atoms with Crippen molar-refractivity contribution >= 4 is 11.8 Å². The molecular formula is C16H23N3O2. The molecule has 1 saturated carbocycles. The van der Waals surface area contributed by atoms with Crippen LogP contribution in [0.15, 0.2) is 24.3 Å². The Labute approximate surface area is 125 Å². The van der Waals surface area contributed by atoms with Crippen molar-refractivity contribution < 1.29 is 9.59 Å². The standard InChI is InChI=1S/C16H23N3O2/c1-18-15(20)12-5-2-4-11(8-12)10-19-16(21)13-6-3-7-14(17)9-13/h2,4-5,8,13-14H,3,6-7,9-10,17H2,1H3,(H,18,20)(H,19,21). The van der Waals surface area contributed by atoms with Crippen LogP contribution in [-0.2, 0) is 11.3 Å².